The van der Waals surface area contributed by atoms with Gasteiger partial charge in [-0.3, -0.25) is 9.80 Å². The summed E-state index contributed by atoms with van der Waals surface area (Å²) in [5.41, 5.74) is 7.97. The fraction of sp³-hybridized carbons (Fsp3) is 0.610. The summed E-state index contributed by atoms with van der Waals surface area (Å²) in [6.45, 7) is 32.4. The molecule has 16 heteroatoms. The molecule has 5 N–H and O–H groups in total. The van der Waals surface area contributed by atoms with E-state index in [1.54, 1.807) is 18.8 Å². The van der Waals surface area contributed by atoms with E-state index in [0.717, 1.165) is 99.5 Å². The van der Waals surface area contributed by atoms with Gasteiger partial charge in [0.15, 0.2) is 0 Å². The zero-order valence-electron chi connectivity index (χ0n) is 66.2. The first-order valence-corrected chi connectivity index (χ1v) is 37.1. The van der Waals surface area contributed by atoms with Crippen molar-refractivity contribution in [3.8, 4) is 0 Å². The normalized spacial score (nSPS) is 17.3. The fourth-order valence-electron chi connectivity index (χ4n) is 9.95. The van der Waals surface area contributed by atoms with Gasteiger partial charge in [-0.05, 0) is 267 Å². The van der Waals surface area contributed by atoms with E-state index in [0.29, 0.717) is 16.8 Å². The monoisotopic (exact) mass is 1400 g/mol. The molecule has 6 aromatic rings. The second kappa shape index (κ2) is 63.2. The summed E-state index contributed by atoms with van der Waals surface area (Å²) in [6.07, 6.45) is 26.3. The summed E-state index contributed by atoms with van der Waals surface area (Å²) in [5, 5.41) is 16.2. The topological polar surface area (TPSA) is 129 Å². The van der Waals surface area contributed by atoms with Gasteiger partial charge in [0.05, 0.1) is 45.0 Å². The van der Waals surface area contributed by atoms with E-state index in [-0.39, 0.29) is 0 Å². The van der Waals surface area contributed by atoms with Gasteiger partial charge in [0.1, 0.15) is 28.8 Å². The number of nitrogens with one attached hydrogen (secondary N) is 5. The third-order valence-electron chi connectivity index (χ3n) is 16.2. The molecule has 4 aliphatic rings. The number of benzene rings is 2. The summed E-state index contributed by atoms with van der Waals surface area (Å²) in [4.78, 5) is 11.0. The molecule has 4 aromatic heterocycles. The third-order valence-corrected chi connectivity index (χ3v) is 17.1. The summed E-state index contributed by atoms with van der Waals surface area (Å²) >= 11 is 11.9. The molecule has 2 aromatic carbocycles. The first kappa shape index (κ1) is 95.3. The number of likely N-dealkylation sites (N-methyl/N-ethyl adjacent to an activating group) is 2. The molecule has 3 unspecified atom stereocenters. The zero-order valence-corrected chi connectivity index (χ0v) is 67.7. The minimum atomic E-state index is 0.490. The number of alkyl halides is 2. The Morgan fingerprint density at radius 3 is 1.54 bits per heavy atom. The second-order valence-corrected chi connectivity index (χ2v) is 27.9. The summed E-state index contributed by atoms with van der Waals surface area (Å²) in [6, 6.07) is 31.2. The van der Waals surface area contributed by atoms with Crippen molar-refractivity contribution >= 4 is 23.2 Å². The van der Waals surface area contributed by atoms with Crippen LogP contribution in [0.25, 0.3) is 0 Å². The summed E-state index contributed by atoms with van der Waals surface area (Å²) in [5.74, 6) is 6.92. The minimum Gasteiger partial charge on any atom is -0.468 e. The highest BCUT2D eigenvalue weighted by molar-refractivity contribution is 6.20. The lowest BCUT2D eigenvalue weighted by molar-refractivity contribution is 0.350. The lowest BCUT2D eigenvalue weighted by atomic mass is 9.87. The van der Waals surface area contributed by atoms with Gasteiger partial charge in [-0.25, -0.2) is 0 Å². The van der Waals surface area contributed by atoms with Crippen LogP contribution >= 0.6 is 23.2 Å². The first-order valence-electron chi connectivity index (χ1n) is 36.2. The van der Waals surface area contributed by atoms with Crippen molar-refractivity contribution in [1.82, 2.24) is 51.1 Å². The number of halogens is 2. The van der Waals surface area contributed by atoms with Crippen molar-refractivity contribution in [2.75, 3.05) is 124 Å². The standard InChI is InChI=1S/C9H13N.2C8H15Cl.C8H11N.4C7H11NO.2C6H11N.C5H13N.C4H11N/c1-8-5-3-4-6-9(8)7-10-2;1-2-7-3-5-8(9)6-4-7;1-2-7-4-3-5-8(9)6-7;1-9-7-8-5-3-2-4-6-8;1-6-3-7(4-8-2)9-5-6;1-6-3-4-9-7(6)5-8-2;1-6-3-4-7(9-6)5-8-2;1-8(2)6-7-4-3-5-9-7;1-6-3-4-7(2)5-6;1-6-4-3-5-7(6)2;1-4-5-6(2)3;1-4-5(2)3/h3-6,10H,7H2,1-2H3;2*7-8H,2-6H2,1H3;2-6,9H,7H2,1H3;3,5,8H,4H2,1-2H3;2*3-4,8H,5H2,1-2H3;3-5H,6H2,1-2H3;3H,4-5H2,1-2H3;3-4,6H,5H2,1-2H3;4-5H2,1-3H3;4H2,1-3H3. The van der Waals surface area contributed by atoms with E-state index in [1.807, 2.05) is 125 Å². The van der Waals surface area contributed by atoms with E-state index < -0.39 is 0 Å². The Hall–Kier alpha value is -4.78. The van der Waals surface area contributed by atoms with E-state index >= 15 is 0 Å². The molecule has 10 rings (SSSR count). The van der Waals surface area contributed by atoms with Crippen molar-refractivity contribution < 1.29 is 17.7 Å². The van der Waals surface area contributed by atoms with Gasteiger partial charge in [-0.15, -0.1) is 23.2 Å². The maximum atomic E-state index is 5.99. The van der Waals surface area contributed by atoms with E-state index in [9.17, 15) is 0 Å². The molecular weight excluding hydrogens is 1260 g/mol. The van der Waals surface area contributed by atoms with Crippen molar-refractivity contribution in [3.63, 3.8) is 0 Å². The number of nitrogens with zero attached hydrogens (tertiary/aromatic N) is 5. The SMILES string of the molecule is CC1=CCN(C)C1.CC1C=CCN1C.CCC1CCC(Cl)CC1.CCC1CCCC(Cl)C1.CCCN(C)C.CCN(C)C.CN(C)Cc1ccco1.CNCc1cc(C)co1.CNCc1ccc(C)o1.CNCc1ccccc1.CNCc1ccccc1C.CNCc1occc1C. The van der Waals surface area contributed by atoms with Gasteiger partial charge in [-0.2, -0.15) is 0 Å². The average Bonchev–Trinajstić information content (AvgIpc) is 2.44. The van der Waals surface area contributed by atoms with Gasteiger partial charge in [0.2, 0.25) is 0 Å². The number of hydrogen-bond acceptors (Lipinski definition) is 14. The molecule has 0 bridgehead atoms. The molecular formula is C82H144Cl2N10O4. The number of furan rings is 4. The molecule has 3 atom stereocenters. The molecule has 2 fully saturated rings. The van der Waals surface area contributed by atoms with Crippen molar-refractivity contribution in [1.29, 1.82) is 0 Å². The molecule has 2 aliphatic carbocycles. The Morgan fingerprint density at radius 1 is 0.551 bits per heavy atom. The maximum absolute atomic E-state index is 5.99. The number of rotatable bonds is 17. The average molecular weight is 1410 g/mol. The Labute approximate surface area is 610 Å². The zero-order chi connectivity index (χ0) is 73.9. The molecule has 560 valence electrons. The van der Waals surface area contributed by atoms with Crippen molar-refractivity contribution in [2.45, 2.75) is 196 Å². The first-order chi connectivity index (χ1) is 46.8. The molecule has 98 heavy (non-hydrogen) atoms. The van der Waals surface area contributed by atoms with Gasteiger partial charge in [0, 0.05) is 49.5 Å². The molecule has 6 heterocycles. The second-order valence-electron chi connectivity index (χ2n) is 26.6. The Kier molecular flexibility index (Phi) is 61.4. The van der Waals surface area contributed by atoms with Crippen LogP contribution in [-0.4, -0.2) is 166 Å². The highest BCUT2D eigenvalue weighted by atomic mass is 35.5. The minimum absolute atomic E-state index is 0.490. The van der Waals surface area contributed by atoms with Crippen LogP contribution in [0.1, 0.15) is 169 Å². The van der Waals surface area contributed by atoms with Crippen LogP contribution in [0.3, 0.4) is 0 Å². The van der Waals surface area contributed by atoms with Crippen LogP contribution in [0.15, 0.2) is 151 Å². The Morgan fingerprint density at radius 2 is 1.16 bits per heavy atom. The Bertz CT molecular complexity index is 2670. The van der Waals surface area contributed by atoms with Crippen LogP contribution in [-0.2, 0) is 39.3 Å². The third kappa shape index (κ3) is 55.0. The number of hydrogen-bond donors (Lipinski definition) is 5. The van der Waals surface area contributed by atoms with Gasteiger partial charge in [0.25, 0.3) is 0 Å². The largest absolute Gasteiger partial charge is 0.468 e. The molecule has 0 spiro atoms. The van der Waals surface area contributed by atoms with Crippen LogP contribution in [0.4, 0.5) is 0 Å². The predicted molar refractivity (Wildman–Crippen MR) is 427 cm³/mol. The molecule has 2 saturated carbocycles. The Balaban J connectivity index is 0. The molecule has 14 nitrogen and oxygen atoms in total. The van der Waals surface area contributed by atoms with Gasteiger partial charge >= 0.3 is 0 Å². The van der Waals surface area contributed by atoms with E-state index in [4.69, 9.17) is 40.9 Å². The van der Waals surface area contributed by atoms with Crippen molar-refractivity contribution in [2.24, 2.45) is 11.8 Å². The van der Waals surface area contributed by atoms with Crippen LogP contribution in [0.2, 0.25) is 0 Å². The van der Waals surface area contributed by atoms with Crippen LogP contribution in [0.5, 0.6) is 0 Å². The van der Waals surface area contributed by atoms with Crippen LogP contribution in [0, 0.1) is 39.5 Å². The molecule has 2 aliphatic heterocycles. The van der Waals surface area contributed by atoms with Gasteiger partial charge in [-0.1, -0.05) is 132 Å². The smallest absolute Gasteiger partial charge is 0.120 e. The summed E-state index contributed by atoms with van der Waals surface area (Å²) < 4.78 is 20.6. The van der Waals surface area contributed by atoms with E-state index in [2.05, 4.69) is 196 Å². The predicted octanol–water partition coefficient (Wildman–Crippen LogP) is 18.1. The molecule has 0 radical (unpaired) electrons. The van der Waals surface area contributed by atoms with E-state index in [1.165, 1.54) is 117 Å². The van der Waals surface area contributed by atoms with Crippen LogP contribution < -0.4 is 26.6 Å². The quantitative estimate of drug-likeness (QED) is 0.0439. The molecule has 0 saturated heterocycles. The fourth-order valence-corrected chi connectivity index (χ4v) is 10.6. The highest BCUT2D eigenvalue weighted by Crippen LogP contribution is 2.30. The van der Waals surface area contributed by atoms with Crippen molar-refractivity contribution in [3.05, 3.63) is 190 Å². The summed E-state index contributed by atoms with van der Waals surface area (Å²) in [7, 11) is 26.2. The lowest BCUT2D eigenvalue weighted by Crippen LogP contribution is -2.21. The van der Waals surface area contributed by atoms with Gasteiger partial charge < -0.3 is 59.0 Å². The highest BCUT2D eigenvalue weighted by Gasteiger charge is 2.18. The number of aryl methyl sites for hydroxylation is 4. The maximum Gasteiger partial charge on any atom is 0.120 e. The molecule has 0 amide bonds. The lowest BCUT2D eigenvalue weighted by Gasteiger charge is -2.23.